The van der Waals surface area contributed by atoms with Gasteiger partial charge in [0, 0.05) is 23.4 Å². The van der Waals surface area contributed by atoms with Gasteiger partial charge in [-0.1, -0.05) is 24.6 Å². The van der Waals surface area contributed by atoms with Crippen LogP contribution in [0.2, 0.25) is 0 Å². The molecule has 2 aromatic rings. The molecule has 2 atom stereocenters. The molecule has 3 rings (SSSR count). The summed E-state index contributed by atoms with van der Waals surface area (Å²) in [5.41, 5.74) is 2.59. The van der Waals surface area contributed by atoms with E-state index in [1.165, 1.54) is 0 Å². The van der Waals surface area contributed by atoms with Crippen molar-refractivity contribution in [3.63, 3.8) is 0 Å². The molecule has 2 heterocycles. The molecule has 0 radical (unpaired) electrons. The average molecular weight is 358 g/mol. The van der Waals surface area contributed by atoms with Gasteiger partial charge in [-0.05, 0) is 31.5 Å². The van der Waals surface area contributed by atoms with Crippen molar-refractivity contribution >= 4 is 23.6 Å². The van der Waals surface area contributed by atoms with Crippen molar-refractivity contribution in [2.75, 3.05) is 12.3 Å². The predicted molar refractivity (Wildman–Crippen MR) is 98.3 cm³/mol. The first-order valence-electron chi connectivity index (χ1n) is 8.42. The van der Waals surface area contributed by atoms with E-state index in [1.807, 2.05) is 44.2 Å². The molecule has 2 amide bonds. The number of nitrogens with zero attached hydrogens (tertiary/aromatic N) is 1. The molecule has 1 aliphatic heterocycles. The Bertz CT molecular complexity index is 728. The third kappa shape index (κ3) is 3.74. The average Bonchev–Trinajstić information content (AvgIpc) is 3.28. The molecule has 2 unspecified atom stereocenters. The summed E-state index contributed by atoms with van der Waals surface area (Å²) in [6.07, 6.45) is 4.09. The number of benzene rings is 1. The summed E-state index contributed by atoms with van der Waals surface area (Å²) < 4.78 is 5.19. The molecular formula is C19H22N2O3S. The standard InChI is InChI=1S/C19H22N2O3S/c1-3-9-20-17(22)16-12-25-19(15-8-10-24-11-15)21(16)18(23)14-6-4-13(2)5-7-14/h4-8,10-11,16,19H,3,9,12H2,1-2H3,(H,20,22). The summed E-state index contributed by atoms with van der Waals surface area (Å²) in [5, 5.41) is 2.70. The predicted octanol–water partition coefficient (Wildman–Crippen LogP) is 3.37. The molecule has 5 nitrogen and oxygen atoms in total. The summed E-state index contributed by atoms with van der Waals surface area (Å²) in [7, 11) is 0. The second-order valence-corrected chi connectivity index (χ2v) is 7.24. The van der Waals surface area contributed by atoms with Crippen LogP contribution >= 0.6 is 11.8 Å². The highest BCUT2D eigenvalue weighted by molar-refractivity contribution is 7.99. The monoisotopic (exact) mass is 358 g/mol. The van der Waals surface area contributed by atoms with E-state index in [2.05, 4.69) is 5.32 Å². The lowest BCUT2D eigenvalue weighted by Crippen LogP contribution is -2.48. The minimum atomic E-state index is -0.481. The molecule has 6 heteroatoms. The maximum Gasteiger partial charge on any atom is 0.255 e. The number of aryl methyl sites for hydroxylation is 1. The minimum Gasteiger partial charge on any atom is -0.472 e. The molecule has 1 fully saturated rings. The first-order chi connectivity index (χ1) is 12.1. The van der Waals surface area contributed by atoms with Gasteiger partial charge >= 0.3 is 0 Å². The number of thioether (sulfide) groups is 1. The van der Waals surface area contributed by atoms with Gasteiger partial charge < -0.3 is 14.6 Å². The van der Waals surface area contributed by atoms with E-state index in [0.29, 0.717) is 17.9 Å². The summed E-state index contributed by atoms with van der Waals surface area (Å²) in [6.45, 7) is 4.60. The van der Waals surface area contributed by atoms with Crippen molar-refractivity contribution in [1.29, 1.82) is 0 Å². The highest BCUT2D eigenvalue weighted by Crippen LogP contribution is 2.42. The first kappa shape index (κ1) is 17.6. The van der Waals surface area contributed by atoms with Gasteiger partial charge in [0.15, 0.2) is 0 Å². The minimum absolute atomic E-state index is 0.0965. The fourth-order valence-electron chi connectivity index (χ4n) is 2.84. The molecule has 25 heavy (non-hydrogen) atoms. The molecule has 0 saturated carbocycles. The fourth-order valence-corrected chi connectivity index (χ4v) is 4.25. The van der Waals surface area contributed by atoms with Crippen LogP contribution < -0.4 is 5.32 Å². The molecule has 132 valence electrons. The van der Waals surface area contributed by atoms with E-state index in [9.17, 15) is 9.59 Å². The zero-order chi connectivity index (χ0) is 17.8. The van der Waals surface area contributed by atoms with E-state index in [0.717, 1.165) is 17.5 Å². The van der Waals surface area contributed by atoms with Crippen LogP contribution in [0, 0.1) is 6.92 Å². The third-order valence-corrected chi connectivity index (χ3v) is 5.54. The Morgan fingerprint density at radius 3 is 2.68 bits per heavy atom. The van der Waals surface area contributed by atoms with Crippen molar-refractivity contribution < 1.29 is 14.0 Å². The van der Waals surface area contributed by atoms with E-state index >= 15 is 0 Å². The van der Waals surface area contributed by atoms with E-state index in [1.54, 1.807) is 29.2 Å². The van der Waals surface area contributed by atoms with E-state index < -0.39 is 6.04 Å². The summed E-state index contributed by atoms with van der Waals surface area (Å²) in [5.74, 6) is 0.344. The van der Waals surface area contributed by atoms with Gasteiger partial charge in [-0.2, -0.15) is 0 Å². The number of furan rings is 1. The molecule has 1 aromatic carbocycles. The van der Waals surface area contributed by atoms with Crippen LogP contribution in [0.15, 0.2) is 47.3 Å². The van der Waals surface area contributed by atoms with Crippen LogP contribution in [0.1, 0.15) is 40.2 Å². The Morgan fingerprint density at radius 1 is 1.28 bits per heavy atom. The molecule has 1 N–H and O–H groups in total. The topological polar surface area (TPSA) is 62.6 Å². The Morgan fingerprint density at radius 2 is 2.04 bits per heavy atom. The van der Waals surface area contributed by atoms with E-state index in [4.69, 9.17) is 4.42 Å². The molecule has 1 aliphatic rings. The fraction of sp³-hybridized carbons (Fsp3) is 0.368. The Balaban J connectivity index is 1.90. The SMILES string of the molecule is CCCNC(=O)C1CSC(c2ccoc2)N1C(=O)c1ccc(C)cc1. The normalized spacial score (nSPS) is 19.8. The maximum atomic E-state index is 13.2. The van der Waals surface area contributed by atoms with Gasteiger partial charge in [-0.15, -0.1) is 11.8 Å². The number of carbonyl (C=O) groups is 2. The van der Waals surface area contributed by atoms with Crippen LogP contribution in [0.5, 0.6) is 0 Å². The van der Waals surface area contributed by atoms with Crippen molar-refractivity contribution in [2.24, 2.45) is 0 Å². The highest BCUT2D eigenvalue weighted by Gasteiger charge is 2.42. The van der Waals surface area contributed by atoms with Gasteiger partial charge in [-0.3, -0.25) is 9.59 Å². The zero-order valence-corrected chi connectivity index (χ0v) is 15.2. The number of amides is 2. The number of nitrogens with one attached hydrogen (secondary N) is 1. The lowest BCUT2D eigenvalue weighted by molar-refractivity contribution is -0.124. The number of hydrogen-bond donors (Lipinski definition) is 1. The van der Waals surface area contributed by atoms with E-state index in [-0.39, 0.29) is 17.2 Å². The zero-order valence-electron chi connectivity index (χ0n) is 14.4. The molecule has 1 aromatic heterocycles. The molecule has 0 bridgehead atoms. The van der Waals surface area contributed by atoms with Gasteiger partial charge in [0.1, 0.15) is 11.4 Å². The lowest BCUT2D eigenvalue weighted by Gasteiger charge is -2.28. The van der Waals surface area contributed by atoms with Gasteiger partial charge in [-0.25, -0.2) is 0 Å². The van der Waals surface area contributed by atoms with Crippen LogP contribution in [0.4, 0.5) is 0 Å². The summed E-state index contributed by atoms with van der Waals surface area (Å²) in [6, 6.07) is 8.82. The van der Waals surface area contributed by atoms with Gasteiger partial charge in [0.05, 0.1) is 12.5 Å². The maximum absolute atomic E-state index is 13.2. The largest absolute Gasteiger partial charge is 0.472 e. The highest BCUT2D eigenvalue weighted by atomic mass is 32.2. The molecule has 1 saturated heterocycles. The number of hydrogen-bond acceptors (Lipinski definition) is 4. The van der Waals surface area contributed by atoms with Gasteiger partial charge in [0.2, 0.25) is 5.91 Å². The summed E-state index contributed by atoms with van der Waals surface area (Å²) in [4.78, 5) is 27.4. The number of carbonyl (C=O) groups excluding carboxylic acids is 2. The van der Waals surface area contributed by atoms with Crippen LogP contribution in [-0.4, -0.2) is 35.1 Å². The second-order valence-electron chi connectivity index (χ2n) is 6.13. The van der Waals surface area contributed by atoms with Crippen molar-refractivity contribution in [2.45, 2.75) is 31.7 Å². The van der Waals surface area contributed by atoms with Gasteiger partial charge in [0.25, 0.3) is 5.91 Å². The van der Waals surface area contributed by atoms with Crippen molar-refractivity contribution in [3.05, 3.63) is 59.5 Å². The Kier molecular flexibility index (Phi) is 5.48. The third-order valence-electron chi connectivity index (χ3n) is 4.21. The van der Waals surface area contributed by atoms with Crippen LogP contribution in [0.25, 0.3) is 0 Å². The molecular weight excluding hydrogens is 336 g/mol. The van der Waals surface area contributed by atoms with Crippen molar-refractivity contribution in [1.82, 2.24) is 10.2 Å². The quantitative estimate of drug-likeness (QED) is 0.890. The van der Waals surface area contributed by atoms with Crippen molar-refractivity contribution in [3.8, 4) is 0 Å². The van der Waals surface area contributed by atoms with Crippen LogP contribution in [0.3, 0.4) is 0 Å². The Labute approximate surface area is 151 Å². The molecule has 0 aliphatic carbocycles. The van der Waals surface area contributed by atoms with Crippen LogP contribution in [-0.2, 0) is 4.79 Å². The number of rotatable bonds is 5. The second kappa shape index (κ2) is 7.78. The lowest BCUT2D eigenvalue weighted by atomic mass is 10.1. The first-order valence-corrected chi connectivity index (χ1v) is 9.47. The smallest absolute Gasteiger partial charge is 0.255 e. The Hall–Kier alpha value is -2.21. The summed E-state index contributed by atoms with van der Waals surface area (Å²) >= 11 is 1.59. The molecule has 0 spiro atoms.